The number of hydrogen-bond donors (Lipinski definition) is 1. The Morgan fingerprint density at radius 3 is 3.00 bits per heavy atom. The second-order valence-corrected chi connectivity index (χ2v) is 3.81. The minimum absolute atomic E-state index is 0.619. The van der Waals surface area contributed by atoms with Crippen LogP contribution in [0.25, 0.3) is 0 Å². The van der Waals surface area contributed by atoms with Crippen molar-refractivity contribution in [2.24, 2.45) is 7.05 Å². The van der Waals surface area contributed by atoms with E-state index in [9.17, 15) is 0 Å². The van der Waals surface area contributed by atoms with E-state index >= 15 is 0 Å². The zero-order chi connectivity index (χ0) is 12.8. The fourth-order valence-corrected chi connectivity index (χ4v) is 1.54. The summed E-state index contributed by atoms with van der Waals surface area (Å²) in [6.45, 7) is 3.30. The van der Waals surface area contributed by atoms with Gasteiger partial charge in [-0.15, -0.1) is 0 Å². The number of rotatable bonds is 6. The molecule has 0 aromatic carbocycles. The molecule has 2 aromatic heterocycles. The molecule has 0 unspecified atom stereocenters. The number of aromatic nitrogens is 4. The third kappa shape index (κ3) is 3.44. The summed E-state index contributed by atoms with van der Waals surface area (Å²) in [4.78, 5) is 8.48. The van der Waals surface area contributed by atoms with Gasteiger partial charge in [0.15, 0.2) is 5.82 Å². The van der Waals surface area contributed by atoms with Gasteiger partial charge in [-0.3, -0.25) is 4.68 Å². The molecule has 0 fully saturated rings. The summed E-state index contributed by atoms with van der Waals surface area (Å²) in [5, 5.41) is 7.43. The highest BCUT2D eigenvalue weighted by Gasteiger charge is 2.00. The van der Waals surface area contributed by atoms with Gasteiger partial charge >= 0.3 is 0 Å². The molecule has 96 valence electrons. The van der Waals surface area contributed by atoms with Crippen molar-refractivity contribution in [3.8, 4) is 5.88 Å². The number of hydrogen-bond acceptors (Lipinski definition) is 5. The first kappa shape index (κ1) is 12.3. The SMILES string of the molecule is CCOc1cccc(NCCc2ncn(C)n2)n1. The molecule has 0 amide bonds. The van der Waals surface area contributed by atoms with Gasteiger partial charge in [0.2, 0.25) is 5.88 Å². The molecule has 6 nitrogen and oxygen atoms in total. The molecule has 18 heavy (non-hydrogen) atoms. The van der Waals surface area contributed by atoms with Crippen LogP contribution in [0.15, 0.2) is 24.5 Å². The average Bonchev–Trinajstić information content (AvgIpc) is 2.76. The lowest BCUT2D eigenvalue weighted by atomic mass is 10.4. The molecule has 0 radical (unpaired) electrons. The van der Waals surface area contributed by atoms with Gasteiger partial charge in [0.05, 0.1) is 6.61 Å². The number of aryl methyl sites for hydroxylation is 1. The maximum atomic E-state index is 5.34. The molecule has 0 saturated carbocycles. The fraction of sp³-hybridized carbons (Fsp3) is 0.417. The minimum atomic E-state index is 0.619. The Bertz CT molecular complexity index is 497. The van der Waals surface area contributed by atoms with Crippen molar-refractivity contribution < 1.29 is 4.74 Å². The molecule has 1 N–H and O–H groups in total. The monoisotopic (exact) mass is 247 g/mol. The van der Waals surface area contributed by atoms with E-state index in [1.807, 2.05) is 32.2 Å². The van der Waals surface area contributed by atoms with E-state index in [0.29, 0.717) is 12.5 Å². The molecule has 2 heterocycles. The van der Waals surface area contributed by atoms with Crippen molar-refractivity contribution in [2.45, 2.75) is 13.3 Å². The van der Waals surface area contributed by atoms with Gasteiger partial charge in [0.1, 0.15) is 12.1 Å². The summed E-state index contributed by atoms with van der Waals surface area (Å²) in [5.41, 5.74) is 0. The molecule has 2 aromatic rings. The topological polar surface area (TPSA) is 64.9 Å². The third-order valence-corrected chi connectivity index (χ3v) is 2.32. The van der Waals surface area contributed by atoms with Gasteiger partial charge in [-0.1, -0.05) is 6.07 Å². The normalized spacial score (nSPS) is 10.3. The van der Waals surface area contributed by atoms with Crippen molar-refractivity contribution >= 4 is 5.82 Å². The molecule has 6 heteroatoms. The van der Waals surface area contributed by atoms with E-state index < -0.39 is 0 Å². The first-order valence-corrected chi connectivity index (χ1v) is 5.96. The van der Waals surface area contributed by atoms with Crippen LogP contribution < -0.4 is 10.1 Å². The smallest absolute Gasteiger partial charge is 0.215 e. The maximum Gasteiger partial charge on any atom is 0.215 e. The van der Waals surface area contributed by atoms with Crippen LogP contribution >= 0.6 is 0 Å². The predicted molar refractivity (Wildman–Crippen MR) is 68.6 cm³/mol. The van der Waals surface area contributed by atoms with Gasteiger partial charge in [0.25, 0.3) is 0 Å². The molecule has 2 rings (SSSR count). The summed E-state index contributed by atoms with van der Waals surface area (Å²) >= 11 is 0. The first-order valence-electron chi connectivity index (χ1n) is 5.96. The molecule has 0 bridgehead atoms. The summed E-state index contributed by atoms with van der Waals surface area (Å²) in [7, 11) is 1.86. The summed E-state index contributed by atoms with van der Waals surface area (Å²) in [6, 6.07) is 5.67. The molecule has 0 saturated heterocycles. The Morgan fingerprint density at radius 1 is 1.39 bits per heavy atom. The van der Waals surface area contributed by atoms with Crippen molar-refractivity contribution in [2.75, 3.05) is 18.5 Å². The molecule has 0 spiro atoms. The van der Waals surface area contributed by atoms with E-state index in [0.717, 1.165) is 24.6 Å². The number of anilines is 1. The van der Waals surface area contributed by atoms with E-state index in [1.165, 1.54) is 0 Å². The number of pyridine rings is 1. The Hall–Kier alpha value is -2.11. The van der Waals surface area contributed by atoms with Crippen molar-refractivity contribution in [1.82, 2.24) is 19.7 Å². The molecule has 0 aliphatic heterocycles. The molecular formula is C12H17N5O. The van der Waals surface area contributed by atoms with Crippen molar-refractivity contribution in [3.63, 3.8) is 0 Å². The highest BCUT2D eigenvalue weighted by molar-refractivity contribution is 5.37. The predicted octanol–water partition coefficient (Wildman–Crippen LogP) is 1.26. The van der Waals surface area contributed by atoms with Crippen LogP contribution in [0.2, 0.25) is 0 Å². The Labute approximate surface area is 106 Å². The van der Waals surface area contributed by atoms with E-state index in [1.54, 1.807) is 11.0 Å². The maximum absolute atomic E-state index is 5.34. The average molecular weight is 247 g/mol. The van der Waals surface area contributed by atoms with Crippen LogP contribution in [0.4, 0.5) is 5.82 Å². The van der Waals surface area contributed by atoms with Gasteiger partial charge in [-0.05, 0) is 13.0 Å². The highest BCUT2D eigenvalue weighted by atomic mass is 16.5. The van der Waals surface area contributed by atoms with Gasteiger partial charge in [0, 0.05) is 26.1 Å². The first-order chi connectivity index (χ1) is 8.78. The number of nitrogens with one attached hydrogen (secondary N) is 1. The van der Waals surface area contributed by atoms with Crippen LogP contribution in [-0.4, -0.2) is 32.9 Å². The Kier molecular flexibility index (Phi) is 4.11. The van der Waals surface area contributed by atoms with Gasteiger partial charge in [-0.2, -0.15) is 10.1 Å². The Morgan fingerprint density at radius 2 is 2.28 bits per heavy atom. The third-order valence-electron chi connectivity index (χ3n) is 2.32. The van der Waals surface area contributed by atoms with E-state index in [-0.39, 0.29) is 0 Å². The largest absolute Gasteiger partial charge is 0.478 e. The lowest BCUT2D eigenvalue weighted by molar-refractivity contribution is 0.327. The van der Waals surface area contributed by atoms with Crippen LogP contribution in [0.5, 0.6) is 5.88 Å². The van der Waals surface area contributed by atoms with Crippen molar-refractivity contribution in [3.05, 3.63) is 30.4 Å². The fourth-order valence-electron chi connectivity index (χ4n) is 1.54. The summed E-state index contributed by atoms with van der Waals surface area (Å²) in [6.07, 6.45) is 2.46. The summed E-state index contributed by atoms with van der Waals surface area (Å²) < 4.78 is 7.03. The quantitative estimate of drug-likeness (QED) is 0.832. The highest BCUT2D eigenvalue weighted by Crippen LogP contribution is 2.11. The number of nitrogens with zero attached hydrogens (tertiary/aromatic N) is 4. The second-order valence-electron chi connectivity index (χ2n) is 3.81. The second kappa shape index (κ2) is 6.00. The van der Waals surface area contributed by atoms with Crippen LogP contribution in [0.3, 0.4) is 0 Å². The van der Waals surface area contributed by atoms with Crippen LogP contribution in [0, 0.1) is 0 Å². The van der Waals surface area contributed by atoms with E-state index in [2.05, 4.69) is 20.4 Å². The van der Waals surface area contributed by atoms with Gasteiger partial charge < -0.3 is 10.1 Å². The molecule has 0 aliphatic carbocycles. The molecule has 0 atom stereocenters. The van der Waals surface area contributed by atoms with Crippen LogP contribution in [0.1, 0.15) is 12.7 Å². The lowest BCUT2D eigenvalue weighted by Crippen LogP contribution is -2.08. The van der Waals surface area contributed by atoms with Crippen molar-refractivity contribution in [1.29, 1.82) is 0 Å². The summed E-state index contributed by atoms with van der Waals surface area (Å²) in [5.74, 6) is 2.27. The zero-order valence-corrected chi connectivity index (χ0v) is 10.6. The standard InChI is InChI=1S/C12H17N5O/c1-3-18-12-6-4-5-10(15-12)13-8-7-11-14-9-17(2)16-11/h4-6,9H,3,7-8H2,1-2H3,(H,13,15). The zero-order valence-electron chi connectivity index (χ0n) is 10.6. The Balaban J connectivity index is 1.84. The molecular weight excluding hydrogens is 230 g/mol. The lowest BCUT2D eigenvalue weighted by Gasteiger charge is -2.06. The minimum Gasteiger partial charge on any atom is -0.478 e. The van der Waals surface area contributed by atoms with E-state index in [4.69, 9.17) is 4.74 Å². The molecule has 0 aliphatic rings. The number of ether oxygens (including phenoxy) is 1. The van der Waals surface area contributed by atoms with Crippen LogP contribution in [-0.2, 0) is 13.5 Å². The van der Waals surface area contributed by atoms with Gasteiger partial charge in [-0.25, -0.2) is 4.98 Å².